The highest BCUT2D eigenvalue weighted by molar-refractivity contribution is 7.80. The Bertz CT molecular complexity index is 368. The van der Waals surface area contributed by atoms with E-state index in [-0.39, 0.29) is 5.69 Å². The van der Waals surface area contributed by atoms with Gasteiger partial charge < -0.3 is 5.43 Å². The Morgan fingerprint density at radius 1 is 1.50 bits per heavy atom. The van der Waals surface area contributed by atoms with Gasteiger partial charge in [0.1, 0.15) is 5.82 Å². The largest absolute Gasteiger partial charge is 0.321 e. The molecule has 0 aliphatic carbocycles. The van der Waals surface area contributed by atoms with Crippen LogP contribution < -0.4 is 11.3 Å². The molecule has 0 aliphatic heterocycles. The van der Waals surface area contributed by atoms with Crippen LogP contribution in [0.4, 0.5) is 10.1 Å². The van der Waals surface area contributed by atoms with Gasteiger partial charge in [0.25, 0.3) is 0 Å². The van der Waals surface area contributed by atoms with Crippen LogP contribution >= 0.6 is 12.6 Å². The standard InChI is InChI=1S/C10H11FN2S/c11-9-7-8(3-1-2-6-14)4-5-10(9)13-12/h4-5,7,13-14H,2,6,12H2. The van der Waals surface area contributed by atoms with Gasteiger partial charge in [-0.2, -0.15) is 12.6 Å². The average molecular weight is 210 g/mol. The Kier molecular flexibility index (Phi) is 4.30. The van der Waals surface area contributed by atoms with Gasteiger partial charge in [0.05, 0.1) is 5.69 Å². The first-order valence-corrected chi connectivity index (χ1v) is 4.77. The monoisotopic (exact) mass is 210 g/mol. The van der Waals surface area contributed by atoms with Crippen LogP contribution in [-0.4, -0.2) is 5.75 Å². The molecule has 0 heterocycles. The number of nitrogens with two attached hydrogens (primary N) is 1. The molecule has 0 saturated carbocycles. The van der Waals surface area contributed by atoms with Crippen molar-refractivity contribution < 1.29 is 4.39 Å². The lowest BCUT2D eigenvalue weighted by Crippen LogP contribution is -2.08. The molecule has 1 rings (SSSR count). The second kappa shape index (κ2) is 5.53. The van der Waals surface area contributed by atoms with Gasteiger partial charge in [-0.05, 0) is 18.2 Å². The van der Waals surface area contributed by atoms with Crippen molar-refractivity contribution in [3.8, 4) is 11.8 Å². The molecular formula is C10H11FN2S. The fourth-order valence-corrected chi connectivity index (χ4v) is 1.04. The molecule has 1 aromatic carbocycles. The molecule has 4 heteroatoms. The van der Waals surface area contributed by atoms with E-state index in [2.05, 4.69) is 29.9 Å². The van der Waals surface area contributed by atoms with E-state index in [1.807, 2.05) is 0 Å². The van der Waals surface area contributed by atoms with Gasteiger partial charge in [-0.3, -0.25) is 5.84 Å². The maximum absolute atomic E-state index is 13.1. The SMILES string of the molecule is NNc1ccc(C#CCCS)cc1F. The van der Waals surface area contributed by atoms with Crippen molar-refractivity contribution >= 4 is 18.3 Å². The minimum Gasteiger partial charge on any atom is -0.321 e. The van der Waals surface area contributed by atoms with Crippen molar-refractivity contribution in [1.29, 1.82) is 0 Å². The predicted octanol–water partition coefficient (Wildman–Crippen LogP) is 1.78. The highest BCUT2D eigenvalue weighted by Crippen LogP contribution is 2.13. The Hall–Kier alpha value is -1.18. The van der Waals surface area contributed by atoms with Crippen LogP contribution in [0.25, 0.3) is 0 Å². The quantitative estimate of drug-likeness (QED) is 0.301. The lowest BCUT2D eigenvalue weighted by atomic mass is 10.2. The zero-order chi connectivity index (χ0) is 10.4. The molecule has 1 aromatic rings. The number of anilines is 1. The van der Waals surface area contributed by atoms with Crippen molar-refractivity contribution in [2.45, 2.75) is 6.42 Å². The van der Waals surface area contributed by atoms with Gasteiger partial charge in [0, 0.05) is 17.7 Å². The Morgan fingerprint density at radius 3 is 2.86 bits per heavy atom. The van der Waals surface area contributed by atoms with Gasteiger partial charge in [-0.15, -0.1) is 0 Å². The molecule has 0 unspecified atom stereocenters. The topological polar surface area (TPSA) is 38.0 Å². The Labute approximate surface area is 88.1 Å². The van der Waals surface area contributed by atoms with Crippen LogP contribution in [0.1, 0.15) is 12.0 Å². The predicted molar refractivity (Wildman–Crippen MR) is 59.6 cm³/mol. The van der Waals surface area contributed by atoms with Gasteiger partial charge in [0.2, 0.25) is 0 Å². The number of nitrogen functional groups attached to an aromatic ring is 1. The van der Waals surface area contributed by atoms with Gasteiger partial charge >= 0.3 is 0 Å². The number of hydrazine groups is 1. The maximum Gasteiger partial charge on any atom is 0.148 e. The zero-order valence-electron chi connectivity index (χ0n) is 7.55. The normalized spacial score (nSPS) is 9.07. The lowest BCUT2D eigenvalue weighted by molar-refractivity contribution is 0.630. The minimum absolute atomic E-state index is 0.268. The fraction of sp³-hybridized carbons (Fsp3) is 0.200. The average Bonchev–Trinajstić information content (AvgIpc) is 2.18. The number of halogens is 1. The summed E-state index contributed by atoms with van der Waals surface area (Å²) in [7, 11) is 0. The molecule has 0 aliphatic rings. The second-order valence-corrected chi connectivity index (χ2v) is 3.06. The summed E-state index contributed by atoms with van der Waals surface area (Å²) in [6, 6.07) is 4.62. The van der Waals surface area contributed by atoms with Gasteiger partial charge in [-0.1, -0.05) is 11.8 Å². The van der Waals surface area contributed by atoms with Crippen LogP contribution in [0.15, 0.2) is 18.2 Å². The molecule has 0 bridgehead atoms. The van der Waals surface area contributed by atoms with Crippen molar-refractivity contribution in [1.82, 2.24) is 0 Å². The molecule has 2 nitrogen and oxygen atoms in total. The van der Waals surface area contributed by atoms with Gasteiger partial charge in [0.15, 0.2) is 0 Å². The van der Waals surface area contributed by atoms with E-state index in [0.717, 1.165) is 0 Å². The van der Waals surface area contributed by atoms with Crippen LogP contribution in [0.5, 0.6) is 0 Å². The van der Waals surface area contributed by atoms with E-state index >= 15 is 0 Å². The summed E-state index contributed by atoms with van der Waals surface area (Å²) in [6.07, 6.45) is 0.696. The lowest BCUT2D eigenvalue weighted by Gasteiger charge is -2.00. The number of hydrogen-bond donors (Lipinski definition) is 3. The molecule has 14 heavy (non-hydrogen) atoms. The molecule has 0 fully saturated rings. The molecule has 0 spiro atoms. The summed E-state index contributed by atoms with van der Waals surface area (Å²) in [5.41, 5.74) is 3.16. The molecule has 0 saturated heterocycles. The number of nitrogens with one attached hydrogen (secondary N) is 1. The first kappa shape index (κ1) is 10.9. The first-order chi connectivity index (χ1) is 6.77. The molecule has 0 amide bonds. The van der Waals surface area contributed by atoms with E-state index in [9.17, 15) is 4.39 Å². The van der Waals surface area contributed by atoms with E-state index in [0.29, 0.717) is 17.7 Å². The summed E-state index contributed by atoms with van der Waals surface area (Å²) in [6.45, 7) is 0. The summed E-state index contributed by atoms with van der Waals surface area (Å²) in [5.74, 6) is 11.1. The minimum atomic E-state index is -0.398. The van der Waals surface area contributed by atoms with Crippen LogP contribution in [0.2, 0.25) is 0 Å². The Morgan fingerprint density at radius 2 is 2.29 bits per heavy atom. The first-order valence-electron chi connectivity index (χ1n) is 4.14. The number of benzene rings is 1. The summed E-state index contributed by atoms with van der Waals surface area (Å²) in [4.78, 5) is 0. The third-order valence-corrected chi connectivity index (χ3v) is 1.82. The number of hydrogen-bond acceptors (Lipinski definition) is 3. The molecule has 0 radical (unpaired) electrons. The van der Waals surface area contributed by atoms with Crippen molar-refractivity contribution in [2.75, 3.05) is 11.2 Å². The van der Waals surface area contributed by atoms with Crippen LogP contribution in [0.3, 0.4) is 0 Å². The molecular weight excluding hydrogens is 199 g/mol. The van der Waals surface area contributed by atoms with E-state index in [1.54, 1.807) is 12.1 Å². The maximum atomic E-state index is 13.1. The van der Waals surface area contributed by atoms with Crippen molar-refractivity contribution in [2.24, 2.45) is 5.84 Å². The molecule has 0 atom stereocenters. The number of thiol groups is 1. The fourth-order valence-electron chi connectivity index (χ4n) is 0.930. The number of rotatable bonds is 2. The highest BCUT2D eigenvalue weighted by atomic mass is 32.1. The highest BCUT2D eigenvalue weighted by Gasteiger charge is 1.99. The zero-order valence-corrected chi connectivity index (χ0v) is 8.44. The molecule has 74 valence electrons. The van der Waals surface area contributed by atoms with E-state index in [4.69, 9.17) is 5.84 Å². The van der Waals surface area contributed by atoms with Gasteiger partial charge in [-0.25, -0.2) is 4.39 Å². The third-order valence-electron chi connectivity index (χ3n) is 1.59. The smallest absolute Gasteiger partial charge is 0.148 e. The third kappa shape index (κ3) is 2.95. The Balaban J connectivity index is 2.82. The van der Waals surface area contributed by atoms with Crippen molar-refractivity contribution in [3.05, 3.63) is 29.6 Å². The van der Waals surface area contributed by atoms with E-state index in [1.165, 1.54) is 6.07 Å². The molecule has 0 aromatic heterocycles. The van der Waals surface area contributed by atoms with Crippen LogP contribution in [-0.2, 0) is 0 Å². The summed E-state index contributed by atoms with van der Waals surface area (Å²) < 4.78 is 13.1. The van der Waals surface area contributed by atoms with E-state index < -0.39 is 5.82 Å². The second-order valence-electron chi connectivity index (χ2n) is 2.61. The van der Waals surface area contributed by atoms with Crippen LogP contribution in [0, 0.1) is 17.7 Å². The summed E-state index contributed by atoms with van der Waals surface area (Å²) in [5, 5.41) is 0. The summed E-state index contributed by atoms with van der Waals surface area (Å²) >= 11 is 4.02. The van der Waals surface area contributed by atoms with Crippen molar-refractivity contribution in [3.63, 3.8) is 0 Å². The molecule has 3 N–H and O–H groups in total.